The summed E-state index contributed by atoms with van der Waals surface area (Å²) in [6.07, 6.45) is 0. The van der Waals surface area contributed by atoms with E-state index in [0.717, 1.165) is 0 Å². The normalized spacial score (nSPS) is 11.9. The summed E-state index contributed by atoms with van der Waals surface area (Å²) in [6.45, 7) is 0. The van der Waals surface area contributed by atoms with Crippen LogP contribution in [0.2, 0.25) is 0 Å². The van der Waals surface area contributed by atoms with Crippen molar-refractivity contribution < 1.29 is 0 Å². The van der Waals surface area contributed by atoms with Crippen LogP contribution in [0.25, 0.3) is 87.5 Å². The molecule has 1 heteroatoms. The highest BCUT2D eigenvalue weighted by molar-refractivity contribution is 6.18. The molecular weight excluding hydrogens is 506 g/mol. The Hall–Kier alpha value is -5.40. The van der Waals surface area contributed by atoms with Gasteiger partial charge < -0.3 is 4.57 Å². The van der Waals surface area contributed by atoms with E-state index in [9.17, 15) is 0 Å². The Labute approximate surface area is 244 Å². The number of fused-ring (bicyclic) bond motifs is 7. The van der Waals surface area contributed by atoms with Gasteiger partial charge in [0, 0.05) is 34.5 Å². The van der Waals surface area contributed by atoms with Gasteiger partial charge in [-0.3, -0.25) is 0 Å². The molecule has 1 heterocycles. The van der Waals surface area contributed by atoms with Crippen LogP contribution >= 0.6 is 0 Å². The van der Waals surface area contributed by atoms with Crippen molar-refractivity contribution in [1.82, 2.24) is 4.57 Å². The maximum atomic E-state index is 2.43. The molecule has 2 aliphatic rings. The molecule has 42 heavy (non-hydrogen) atoms. The second-order valence-corrected chi connectivity index (χ2v) is 11.5. The predicted octanol–water partition coefficient (Wildman–Crippen LogP) is 11.2. The number of nitrogens with zero attached hydrogens (tertiary/aromatic N) is 1. The Kier molecular flexibility index (Phi) is 4.88. The molecule has 0 bridgehead atoms. The molecule has 0 saturated heterocycles. The minimum absolute atomic E-state index is 1.24. The summed E-state index contributed by atoms with van der Waals surface area (Å²) < 4.78 is 2.43. The number of hydrogen-bond donors (Lipinski definition) is 0. The van der Waals surface area contributed by atoms with E-state index in [-0.39, 0.29) is 0 Å². The van der Waals surface area contributed by atoms with Crippen LogP contribution in [0, 0.1) is 0 Å². The zero-order valence-corrected chi connectivity index (χ0v) is 23.3. The number of hydrogen-bond acceptors (Lipinski definition) is 0. The van der Waals surface area contributed by atoms with E-state index in [1.165, 1.54) is 87.5 Å². The average molecular weight is 534 g/mol. The van der Waals surface area contributed by atoms with E-state index in [4.69, 9.17) is 0 Å². The van der Waals surface area contributed by atoms with Gasteiger partial charge in [-0.2, -0.15) is 0 Å². The molecule has 0 spiro atoms. The lowest BCUT2D eigenvalue weighted by molar-refractivity contribution is 0.973. The van der Waals surface area contributed by atoms with Crippen molar-refractivity contribution in [2.24, 2.45) is 7.05 Å². The van der Waals surface area contributed by atoms with Crippen LogP contribution < -0.4 is 0 Å². The molecule has 7 aromatic rings. The van der Waals surface area contributed by atoms with Crippen LogP contribution in [0.1, 0.15) is 0 Å². The van der Waals surface area contributed by atoms with Gasteiger partial charge in [0.15, 0.2) is 0 Å². The van der Waals surface area contributed by atoms with Crippen LogP contribution in [-0.2, 0) is 7.05 Å². The van der Waals surface area contributed by atoms with Crippen molar-refractivity contribution in [3.05, 3.63) is 146 Å². The molecular formula is C41H27N. The number of aromatic nitrogens is 1. The molecule has 9 rings (SSSR count). The maximum Gasteiger partial charge on any atom is 0.0574 e. The molecule has 196 valence electrons. The van der Waals surface area contributed by atoms with Gasteiger partial charge in [0.2, 0.25) is 0 Å². The summed E-state index contributed by atoms with van der Waals surface area (Å²) in [7, 11) is 2.24. The van der Waals surface area contributed by atoms with Crippen LogP contribution in [0.3, 0.4) is 0 Å². The van der Waals surface area contributed by atoms with Gasteiger partial charge in [-0.25, -0.2) is 0 Å². The highest BCUT2D eigenvalue weighted by Crippen LogP contribution is 2.48. The Morgan fingerprint density at radius 1 is 0.405 bits per heavy atom. The molecule has 0 atom stereocenters. The van der Waals surface area contributed by atoms with Gasteiger partial charge in [-0.15, -0.1) is 0 Å². The van der Waals surface area contributed by atoms with Crippen molar-refractivity contribution >= 4 is 54.0 Å². The number of aryl methyl sites for hydroxylation is 1. The van der Waals surface area contributed by atoms with E-state index >= 15 is 0 Å². The smallest absolute Gasteiger partial charge is 0.0574 e. The van der Waals surface area contributed by atoms with Crippen LogP contribution in [0.5, 0.6) is 0 Å². The number of rotatable bonds is 2. The first-order valence-corrected chi connectivity index (χ1v) is 14.6. The minimum atomic E-state index is 1.24. The lowest BCUT2D eigenvalue weighted by Gasteiger charge is -2.21. The predicted molar refractivity (Wildman–Crippen MR) is 180 cm³/mol. The Bertz CT molecular complexity index is 2480. The van der Waals surface area contributed by atoms with E-state index in [0.29, 0.717) is 0 Å². The quantitative estimate of drug-likeness (QED) is 0.195. The van der Waals surface area contributed by atoms with Crippen molar-refractivity contribution in [3.63, 3.8) is 0 Å². The standard InChI is InChI=1S/C41H27N/c1-42-38-25-31-14-7-6-13-30(31)23-36(38)39(34-20-18-27-10-3-5-12-29(27)22-34)37-24-33-15-8-16-35(40(33)41(37)42)32-19-17-26-9-2-4-11-28(26)21-32/h2-25H,1H3. The van der Waals surface area contributed by atoms with Crippen LogP contribution in [0.4, 0.5) is 0 Å². The highest BCUT2D eigenvalue weighted by atomic mass is 14.9. The van der Waals surface area contributed by atoms with Gasteiger partial charge in [0.1, 0.15) is 0 Å². The molecule has 0 radical (unpaired) electrons. The van der Waals surface area contributed by atoms with E-state index in [2.05, 4.69) is 157 Å². The third-order valence-corrected chi connectivity index (χ3v) is 9.09. The monoisotopic (exact) mass is 533 g/mol. The van der Waals surface area contributed by atoms with E-state index in [1.54, 1.807) is 0 Å². The zero-order valence-electron chi connectivity index (χ0n) is 23.3. The number of pyridine rings is 1. The SMILES string of the molecule is Cn1c2c3c(-c4ccc5ccccc5c4)cccc3cc-2c(-c2ccc3ccccc3c2)c2cc3ccccc3cc21. The highest BCUT2D eigenvalue weighted by Gasteiger charge is 2.24. The summed E-state index contributed by atoms with van der Waals surface area (Å²) >= 11 is 0. The minimum Gasteiger partial charge on any atom is -0.343 e. The fourth-order valence-electron chi connectivity index (χ4n) is 7.08. The third-order valence-electron chi connectivity index (χ3n) is 9.09. The largest absolute Gasteiger partial charge is 0.343 e. The second kappa shape index (κ2) is 8.80. The molecule has 1 aliphatic carbocycles. The lowest BCUT2D eigenvalue weighted by atomic mass is 9.90. The van der Waals surface area contributed by atoms with E-state index < -0.39 is 0 Å². The molecule has 0 fully saturated rings. The van der Waals surface area contributed by atoms with Crippen molar-refractivity contribution in [2.75, 3.05) is 0 Å². The summed E-state index contributed by atoms with van der Waals surface area (Å²) in [6, 6.07) is 53.7. The van der Waals surface area contributed by atoms with Gasteiger partial charge >= 0.3 is 0 Å². The molecule has 0 aromatic heterocycles. The molecule has 0 unspecified atom stereocenters. The first-order valence-electron chi connectivity index (χ1n) is 14.6. The van der Waals surface area contributed by atoms with Gasteiger partial charge in [-0.05, 0) is 84.7 Å². The summed E-state index contributed by atoms with van der Waals surface area (Å²) in [5.74, 6) is 0. The van der Waals surface area contributed by atoms with Gasteiger partial charge in [-0.1, -0.05) is 115 Å². The summed E-state index contributed by atoms with van der Waals surface area (Å²) in [4.78, 5) is 0. The van der Waals surface area contributed by atoms with Crippen molar-refractivity contribution in [2.45, 2.75) is 0 Å². The van der Waals surface area contributed by atoms with Gasteiger partial charge in [0.05, 0.1) is 5.69 Å². The summed E-state index contributed by atoms with van der Waals surface area (Å²) in [5.41, 5.74) is 8.88. The maximum absolute atomic E-state index is 2.43. The van der Waals surface area contributed by atoms with Gasteiger partial charge in [0.25, 0.3) is 0 Å². The zero-order chi connectivity index (χ0) is 27.8. The first-order chi connectivity index (χ1) is 20.7. The third kappa shape index (κ3) is 3.37. The fourth-order valence-corrected chi connectivity index (χ4v) is 7.08. The Morgan fingerprint density at radius 3 is 1.64 bits per heavy atom. The Balaban J connectivity index is 1.43. The number of benzene rings is 7. The van der Waals surface area contributed by atoms with E-state index in [1.807, 2.05) is 0 Å². The van der Waals surface area contributed by atoms with Crippen LogP contribution in [0.15, 0.2) is 146 Å². The lowest BCUT2D eigenvalue weighted by Crippen LogP contribution is -2.02. The fraction of sp³-hybridized carbons (Fsp3) is 0.0244. The molecule has 0 amide bonds. The average Bonchev–Trinajstić information content (AvgIpc) is 3.43. The summed E-state index contributed by atoms with van der Waals surface area (Å²) in [5, 5.41) is 11.4. The molecule has 1 nitrogen and oxygen atoms in total. The first kappa shape index (κ1) is 23.3. The topological polar surface area (TPSA) is 4.93 Å². The Morgan fingerprint density at radius 2 is 0.952 bits per heavy atom. The second-order valence-electron chi connectivity index (χ2n) is 11.5. The molecule has 1 aliphatic heterocycles. The van der Waals surface area contributed by atoms with Crippen LogP contribution in [-0.4, -0.2) is 4.57 Å². The van der Waals surface area contributed by atoms with Crippen molar-refractivity contribution in [1.29, 1.82) is 0 Å². The van der Waals surface area contributed by atoms with Crippen molar-refractivity contribution in [3.8, 4) is 33.5 Å². The molecule has 7 aromatic carbocycles. The molecule has 0 saturated carbocycles. The molecule has 0 N–H and O–H groups in total.